The van der Waals surface area contributed by atoms with Gasteiger partial charge in [-0.15, -0.1) is 0 Å². The van der Waals surface area contributed by atoms with E-state index >= 15 is 0 Å². The largest absolute Gasteiger partial charge is 0.756 e. The molecule has 0 saturated carbocycles. The molecular weight excluding hydrogens is 758 g/mol. The first kappa shape index (κ1) is 56.7. The fourth-order valence-electron chi connectivity index (χ4n) is 5.85. The van der Waals surface area contributed by atoms with E-state index < -0.39 is 13.9 Å². The third-order valence-electron chi connectivity index (χ3n) is 9.43. The average Bonchev–Trinajstić information content (AvgIpc) is 3.19. The van der Waals surface area contributed by atoms with Gasteiger partial charge in [-0.25, -0.2) is 0 Å². The van der Waals surface area contributed by atoms with Gasteiger partial charge in [0.15, 0.2) is 0 Å². The molecule has 2 atom stereocenters. The quantitative estimate of drug-likeness (QED) is 0.0199. The number of esters is 1. The lowest BCUT2D eigenvalue weighted by molar-refractivity contribution is -0.870. The Morgan fingerprint density at radius 1 is 0.542 bits per heavy atom. The Bertz CT molecular complexity index is 1210. The molecule has 0 N–H and O–H groups in total. The predicted molar refractivity (Wildman–Crippen MR) is 249 cm³/mol. The van der Waals surface area contributed by atoms with E-state index in [2.05, 4.69) is 98.9 Å². The van der Waals surface area contributed by atoms with Crippen molar-refractivity contribution in [1.82, 2.24) is 0 Å². The molecule has 340 valence electrons. The topological polar surface area (TPSA) is 94.1 Å². The van der Waals surface area contributed by atoms with E-state index in [0.717, 1.165) is 77.0 Å². The van der Waals surface area contributed by atoms with Crippen molar-refractivity contribution in [1.29, 1.82) is 0 Å². The standard InChI is InChI=1S/C50H88NO7P/c1-6-8-10-12-14-16-18-20-22-23-24-25-26-27-28-29-30-31-33-35-37-39-41-43-50(52)58-49(48-57-59(53,54)56-46-44-51(3,4)5)47-55-45-42-40-38-36-34-32-21-19-17-15-13-11-9-7-2/h9,11,15,17-18,20-21,23-24,26-27,32,36,38,49H,6-8,10,12-14,16,19,22,25,28-31,33-35,37,39-48H2,1-5H3/b11-9-,17-15-,20-18-,24-23-,27-26-,32-21-,38-36-. The van der Waals surface area contributed by atoms with Gasteiger partial charge < -0.3 is 27.9 Å². The number of unbranched alkanes of at least 4 members (excludes halogenated alkanes) is 14. The minimum Gasteiger partial charge on any atom is -0.756 e. The van der Waals surface area contributed by atoms with Crippen molar-refractivity contribution >= 4 is 13.8 Å². The number of hydrogen-bond donors (Lipinski definition) is 0. The molecule has 0 amide bonds. The Hall–Kier alpha value is -2.32. The van der Waals surface area contributed by atoms with Gasteiger partial charge in [0.2, 0.25) is 0 Å². The minimum atomic E-state index is -4.55. The maximum atomic E-state index is 12.7. The molecule has 0 aromatic carbocycles. The van der Waals surface area contributed by atoms with Crippen molar-refractivity contribution in [3.05, 3.63) is 85.1 Å². The summed E-state index contributed by atoms with van der Waals surface area (Å²) in [6, 6.07) is 0. The number of quaternary nitrogens is 1. The van der Waals surface area contributed by atoms with Crippen LogP contribution in [0.3, 0.4) is 0 Å². The molecule has 0 bridgehead atoms. The third kappa shape index (κ3) is 46.6. The second-order valence-electron chi connectivity index (χ2n) is 16.4. The third-order valence-corrected chi connectivity index (χ3v) is 10.4. The Morgan fingerprint density at radius 3 is 1.47 bits per heavy atom. The lowest BCUT2D eigenvalue weighted by Gasteiger charge is -2.28. The zero-order valence-electron chi connectivity index (χ0n) is 38.4. The molecule has 0 saturated heterocycles. The maximum Gasteiger partial charge on any atom is 0.306 e. The van der Waals surface area contributed by atoms with Crippen molar-refractivity contribution in [2.24, 2.45) is 0 Å². The first-order valence-corrected chi connectivity index (χ1v) is 24.8. The van der Waals surface area contributed by atoms with E-state index in [9.17, 15) is 14.3 Å². The van der Waals surface area contributed by atoms with Crippen LogP contribution in [0.25, 0.3) is 0 Å². The zero-order valence-corrected chi connectivity index (χ0v) is 39.3. The summed E-state index contributed by atoms with van der Waals surface area (Å²) in [5, 5.41) is 0. The van der Waals surface area contributed by atoms with Gasteiger partial charge in [0, 0.05) is 13.0 Å². The normalized spacial score (nSPS) is 14.5. The van der Waals surface area contributed by atoms with Gasteiger partial charge in [-0.3, -0.25) is 9.36 Å². The second kappa shape index (κ2) is 42.4. The van der Waals surface area contributed by atoms with Crippen LogP contribution >= 0.6 is 7.82 Å². The number of allylic oxidation sites excluding steroid dienone is 14. The second-order valence-corrected chi connectivity index (χ2v) is 17.8. The Labute approximate surface area is 363 Å². The van der Waals surface area contributed by atoms with Crippen molar-refractivity contribution in [3.63, 3.8) is 0 Å². The van der Waals surface area contributed by atoms with Gasteiger partial charge in [0.05, 0.1) is 34.4 Å². The number of hydrogen-bond acceptors (Lipinski definition) is 7. The van der Waals surface area contributed by atoms with E-state index in [1.165, 1.54) is 70.6 Å². The lowest BCUT2D eigenvalue weighted by Crippen LogP contribution is -2.37. The van der Waals surface area contributed by atoms with E-state index in [4.69, 9.17) is 18.5 Å². The Morgan fingerprint density at radius 2 is 0.983 bits per heavy atom. The van der Waals surface area contributed by atoms with Gasteiger partial charge in [0.1, 0.15) is 19.3 Å². The van der Waals surface area contributed by atoms with Crippen LogP contribution < -0.4 is 4.89 Å². The number of carbonyl (C=O) groups is 1. The maximum absolute atomic E-state index is 12.7. The first-order valence-electron chi connectivity index (χ1n) is 23.3. The van der Waals surface area contributed by atoms with Gasteiger partial charge in [0.25, 0.3) is 7.82 Å². The van der Waals surface area contributed by atoms with Crippen molar-refractivity contribution in [3.8, 4) is 0 Å². The fourth-order valence-corrected chi connectivity index (χ4v) is 6.58. The molecule has 0 rings (SSSR count). The average molecular weight is 846 g/mol. The van der Waals surface area contributed by atoms with Crippen LogP contribution in [0.2, 0.25) is 0 Å². The molecule has 2 unspecified atom stereocenters. The predicted octanol–water partition coefficient (Wildman–Crippen LogP) is 13.4. The van der Waals surface area contributed by atoms with E-state index in [1.54, 1.807) is 0 Å². The summed E-state index contributed by atoms with van der Waals surface area (Å²) in [7, 11) is 1.30. The van der Waals surface area contributed by atoms with Gasteiger partial charge >= 0.3 is 5.97 Å². The number of nitrogens with zero attached hydrogens (tertiary/aromatic N) is 1. The zero-order chi connectivity index (χ0) is 43.4. The summed E-state index contributed by atoms with van der Waals surface area (Å²) >= 11 is 0. The number of likely N-dealkylation sites (N-methyl/N-ethyl adjacent to an activating group) is 1. The van der Waals surface area contributed by atoms with Crippen LogP contribution in [-0.4, -0.2) is 70.7 Å². The van der Waals surface area contributed by atoms with Gasteiger partial charge in [-0.1, -0.05) is 163 Å². The molecule has 0 aliphatic carbocycles. The summed E-state index contributed by atoms with van der Waals surface area (Å²) in [6.45, 7) is 5.10. The highest BCUT2D eigenvalue weighted by molar-refractivity contribution is 7.45. The van der Waals surface area contributed by atoms with E-state index in [0.29, 0.717) is 17.6 Å². The summed E-state index contributed by atoms with van der Waals surface area (Å²) in [5.74, 6) is -0.363. The summed E-state index contributed by atoms with van der Waals surface area (Å²) in [6.07, 6.45) is 56.2. The molecule has 59 heavy (non-hydrogen) atoms. The monoisotopic (exact) mass is 846 g/mol. The number of ether oxygens (including phenoxy) is 2. The molecular formula is C50H88NO7P. The van der Waals surface area contributed by atoms with Gasteiger partial charge in [-0.05, 0) is 83.5 Å². The molecule has 0 heterocycles. The van der Waals surface area contributed by atoms with Crippen LogP contribution in [0, 0.1) is 0 Å². The van der Waals surface area contributed by atoms with E-state index in [1.807, 2.05) is 21.1 Å². The minimum absolute atomic E-state index is 0.00979. The SMILES string of the molecule is CC/C=C\C/C=C\C/C=C\C/C=C\CCCOCC(COP(=O)([O-])OCC[N+](C)(C)C)OC(=O)CCCCCCCCCC/C=C\C/C=C\C/C=C\CCCCCCC. The van der Waals surface area contributed by atoms with Crippen LogP contribution in [0.5, 0.6) is 0 Å². The summed E-state index contributed by atoms with van der Waals surface area (Å²) < 4.78 is 34.5. The van der Waals surface area contributed by atoms with Crippen molar-refractivity contribution < 1.29 is 37.3 Å². The molecule has 0 aromatic heterocycles. The van der Waals surface area contributed by atoms with Crippen LogP contribution in [0.15, 0.2) is 85.1 Å². The summed E-state index contributed by atoms with van der Waals surface area (Å²) in [4.78, 5) is 25.1. The number of rotatable bonds is 42. The van der Waals surface area contributed by atoms with Crippen molar-refractivity contribution in [2.75, 3.05) is 54.1 Å². The molecule has 0 aromatic rings. The molecule has 0 spiro atoms. The number of phosphoric acid groups is 1. The Balaban J connectivity index is 4.26. The number of phosphoric ester groups is 1. The van der Waals surface area contributed by atoms with Crippen LogP contribution in [0.4, 0.5) is 0 Å². The van der Waals surface area contributed by atoms with Crippen LogP contribution in [-0.2, 0) is 27.9 Å². The van der Waals surface area contributed by atoms with Gasteiger partial charge in [-0.2, -0.15) is 0 Å². The molecule has 0 aliphatic heterocycles. The highest BCUT2D eigenvalue weighted by Gasteiger charge is 2.20. The van der Waals surface area contributed by atoms with Crippen molar-refractivity contribution in [2.45, 2.75) is 174 Å². The lowest BCUT2D eigenvalue weighted by atomic mass is 10.1. The highest BCUT2D eigenvalue weighted by Crippen LogP contribution is 2.38. The molecule has 0 fully saturated rings. The first-order chi connectivity index (χ1) is 28.6. The molecule has 8 nitrogen and oxygen atoms in total. The van der Waals surface area contributed by atoms with E-state index in [-0.39, 0.29) is 32.2 Å². The molecule has 0 aliphatic rings. The smallest absolute Gasteiger partial charge is 0.306 e. The number of carbonyl (C=O) groups excluding carboxylic acids is 1. The highest BCUT2D eigenvalue weighted by atomic mass is 31.2. The molecule has 9 heteroatoms. The Kier molecular flexibility index (Phi) is 40.7. The fraction of sp³-hybridized carbons (Fsp3) is 0.700. The van der Waals surface area contributed by atoms with Crippen LogP contribution in [0.1, 0.15) is 168 Å². The summed E-state index contributed by atoms with van der Waals surface area (Å²) in [5.41, 5.74) is 0. The molecule has 0 radical (unpaired) electrons.